The Morgan fingerprint density at radius 1 is 1.20 bits per heavy atom. The van der Waals surface area contributed by atoms with Gasteiger partial charge in [-0.05, 0) is 13.3 Å². The Kier molecular flexibility index (Phi) is 7.32. The largest absolute Gasteiger partial charge is 0.518 e. The van der Waals surface area contributed by atoms with E-state index >= 15 is 0 Å². The third-order valence-electron chi connectivity index (χ3n) is 2.32. The van der Waals surface area contributed by atoms with Gasteiger partial charge in [-0.1, -0.05) is 13.3 Å². The SMILES string of the molecule is CCCC(NC(C)N)[Si](OC)(OC)OC. The zero-order chi connectivity index (χ0) is 11.9. The van der Waals surface area contributed by atoms with Crippen LogP contribution in [0.1, 0.15) is 26.7 Å². The second-order valence-electron chi connectivity index (χ2n) is 3.51. The van der Waals surface area contributed by atoms with Crippen molar-refractivity contribution in [2.45, 2.75) is 38.5 Å². The number of nitrogens with one attached hydrogen (secondary N) is 1. The number of nitrogens with two attached hydrogens (primary N) is 1. The topological polar surface area (TPSA) is 65.7 Å². The Bertz CT molecular complexity index is 157. The summed E-state index contributed by atoms with van der Waals surface area (Å²) in [6, 6.07) is 0. The van der Waals surface area contributed by atoms with Gasteiger partial charge in [-0.15, -0.1) is 0 Å². The summed E-state index contributed by atoms with van der Waals surface area (Å²) in [5.41, 5.74) is 5.77. The van der Waals surface area contributed by atoms with Crippen LogP contribution in [-0.2, 0) is 13.3 Å². The average molecular weight is 236 g/mol. The monoisotopic (exact) mass is 236 g/mol. The second kappa shape index (κ2) is 7.32. The van der Waals surface area contributed by atoms with Crippen LogP contribution < -0.4 is 11.1 Å². The first-order valence-electron chi connectivity index (χ1n) is 5.23. The third-order valence-corrected chi connectivity index (χ3v) is 5.34. The Labute approximate surface area is 93.6 Å². The van der Waals surface area contributed by atoms with Crippen LogP contribution in [0.3, 0.4) is 0 Å². The van der Waals surface area contributed by atoms with Gasteiger partial charge in [0.2, 0.25) is 0 Å². The molecule has 0 aliphatic rings. The predicted octanol–water partition coefficient (Wildman–Crippen LogP) is 0.467. The number of hydrogen-bond donors (Lipinski definition) is 2. The van der Waals surface area contributed by atoms with Crippen LogP contribution >= 0.6 is 0 Å². The van der Waals surface area contributed by atoms with E-state index in [0.29, 0.717) is 0 Å². The van der Waals surface area contributed by atoms with Gasteiger partial charge in [-0.2, -0.15) is 0 Å². The first-order valence-corrected chi connectivity index (χ1v) is 7.03. The molecule has 0 rings (SSSR count). The number of hydrogen-bond acceptors (Lipinski definition) is 5. The zero-order valence-corrected chi connectivity index (χ0v) is 11.4. The first kappa shape index (κ1) is 15.0. The predicted molar refractivity (Wildman–Crippen MR) is 62.3 cm³/mol. The molecule has 0 aliphatic heterocycles. The Morgan fingerprint density at radius 2 is 1.67 bits per heavy atom. The normalized spacial score (nSPS) is 16.4. The van der Waals surface area contributed by atoms with Crippen LogP contribution in [0.15, 0.2) is 0 Å². The summed E-state index contributed by atoms with van der Waals surface area (Å²) in [6.45, 7) is 4.00. The maximum atomic E-state index is 5.73. The minimum atomic E-state index is -2.62. The smallest absolute Gasteiger partial charge is 0.376 e. The molecule has 0 radical (unpaired) electrons. The molecular formula is C9H24N2O3Si. The standard InChI is InChI=1S/C9H24N2O3Si/c1-6-7-9(11-8(2)10)15(12-3,13-4)14-5/h8-9,11H,6-7,10H2,1-5H3. The molecule has 0 heterocycles. The fraction of sp³-hybridized carbons (Fsp3) is 1.00. The fourth-order valence-electron chi connectivity index (χ4n) is 1.64. The molecule has 0 aromatic heterocycles. The Morgan fingerprint density at radius 3 is 1.93 bits per heavy atom. The third kappa shape index (κ3) is 4.18. The van der Waals surface area contributed by atoms with Gasteiger partial charge in [-0.3, -0.25) is 5.32 Å². The highest BCUT2D eigenvalue weighted by Crippen LogP contribution is 2.16. The van der Waals surface area contributed by atoms with Gasteiger partial charge in [0.15, 0.2) is 0 Å². The Hall–Kier alpha value is 0.0169. The van der Waals surface area contributed by atoms with Crippen molar-refractivity contribution in [3.63, 3.8) is 0 Å². The van der Waals surface area contributed by atoms with Crippen molar-refractivity contribution < 1.29 is 13.3 Å². The van der Waals surface area contributed by atoms with E-state index in [-0.39, 0.29) is 11.8 Å². The van der Waals surface area contributed by atoms with Gasteiger partial charge in [0.1, 0.15) is 0 Å². The molecule has 2 unspecified atom stereocenters. The molecule has 0 bridgehead atoms. The van der Waals surface area contributed by atoms with E-state index in [4.69, 9.17) is 19.0 Å². The molecule has 15 heavy (non-hydrogen) atoms. The summed E-state index contributed by atoms with van der Waals surface area (Å²) in [5.74, 6) is 0. The maximum absolute atomic E-state index is 5.73. The molecular weight excluding hydrogens is 212 g/mol. The summed E-state index contributed by atoms with van der Waals surface area (Å²) in [6.07, 6.45) is 1.84. The molecule has 0 fully saturated rings. The van der Waals surface area contributed by atoms with E-state index in [0.717, 1.165) is 12.8 Å². The highest BCUT2D eigenvalue weighted by atomic mass is 28.4. The van der Waals surface area contributed by atoms with Crippen molar-refractivity contribution in [3.05, 3.63) is 0 Å². The summed E-state index contributed by atoms with van der Waals surface area (Å²) >= 11 is 0. The lowest BCUT2D eigenvalue weighted by Crippen LogP contribution is -2.63. The summed E-state index contributed by atoms with van der Waals surface area (Å²) in [7, 11) is 2.23. The summed E-state index contributed by atoms with van der Waals surface area (Å²) in [5, 5.41) is 3.24. The number of rotatable bonds is 8. The molecule has 0 saturated heterocycles. The van der Waals surface area contributed by atoms with Gasteiger partial charge >= 0.3 is 8.80 Å². The lowest BCUT2D eigenvalue weighted by atomic mass is 10.3. The molecule has 0 aromatic carbocycles. The molecule has 0 aromatic rings. The molecule has 0 spiro atoms. The van der Waals surface area contributed by atoms with Gasteiger partial charge in [0.05, 0.1) is 11.8 Å². The van der Waals surface area contributed by atoms with Gasteiger partial charge < -0.3 is 19.0 Å². The van der Waals surface area contributed by atoms with Crippen molar-refractivity contribution in [2.75, 3.05) is 21.3 Å². The Balaban J connectivity index is 4.65. The van der Waals surface area contributed by atoms with Crippen molar-refractivity contribution >= 4 is 8.80 Å². The van der Waals surface area contributed by atoms with Gasteiger partial charge in [0.25, 0.3) is 0 Å². The summed E-state index contributed by atoms with van der Waals surface area (Å²) < 4.78 is 16.3. The van der Waals surface area contributed by atoms with Crippen LogP contribution in [0, 0.1) is 0 Å². The summed E-state index contributed by atoms with van der Waals surface area (Å²) in [4.78, 5) is 0. The fourth-order valence-corrected chi connectivity index (χ4v) is 4.11. The molecule has 92 valence electrons. The minimum absolute atomic E-state index is 0.0440. The van der Waals surface area contributed by atoms with Crippen LogP contribution in [0.25, 0.3) is 0 Å². The van der Waals surface area contributed by atoms with Crippen LogP contribution in [0.2, 0.25) is 0 Å². The van der Waals surface area contributed by atoms with Crippen molar-refractivity contribution in [1.29, 1.82) is 0 Å². The maximum Gasteiger partial charge on any atom is 0.518 e. The molecule has 0 amide bonds. The van der Waals surface area contributed by atoms with E-state index < -0.39 is 8.80 Å². The molecule has 0 saturated carbocycles. The molecule has 2 atom stereocenters. The molecule has 3 N–H and O–H groups in total. The van der Waals surface area contributed by atoms with Crippen molar-refractivity contribution in [3.8, 4) is 0 Å². The van der Waals surface area contributed by atoms with E-state index in [9.17, 15) is 0 Å². The molecule has 6 heteroatoms. The average Bonchev–Trinajstić information content (AvgIpc) is 2.21. The van der Waals surface area contributed by atoms with E-state index in [2.05, 4.69) is 12.2 Å². The quantitative estimate of drug-likeness (QED) is 0.474. The zero-order valence-electron chi connectivity index (χ0n) is 10.4. The van der Waals surface area contributed by atoms with Crippen LogP contribution in [-0.4, -0.2) is 42.0 Å². The highest BCUT2D eigenvalue weighted by Gasteiger charge is 2.47. The second-order valence-corrected chi connectivity index (χ2v) is 6.64. The van der Waals surface area contributed by atoms with E-state index in [1.807, 2.05) is 6.92 Å². The molecule has 5 nitrogen and oxygen atoms in total. The highest BCUT2D eigenvalue weighted by molar-refractivity contribution is 6.62. The van der Waals surface area contributed by atoms with Gasteiger partial charge in [-0.25, -0.2) is 0 Å². The molecule has 0 aliphatic carbocycles. The van der Waals surface area contributed by atoms with Crippen LogP contribution in [0.4, 0.5) is 0 Å². The van der Waals surface area contributed by atoms with Crippen molar-refractivity contribution in [1.82, 2.24) is 5.32 Å². The van der Waals surface area contributed by atoms with Gasteiger partial charge in [0, 0.05) is 21.3 Å². The van der Waals surface area contributed by atoms with E-state index in [1.165, 1.54) is 0 Å². The van der Waals surface area contributed by atoms with E-state index in [1.54, 1.807) is 21.3 Å². The first-order chi connectivity index (χ1) is 7.06. The van der Waals surface area contributed by atoms with Crippen molar-refractivity contribution in [2.24, 2.45) is 5.73 Å². The minimum Gasteiger partial charge on any atom is -0.376 e. The van der Waals surface area contributed by atoms with Crippen LogP contribution in [0.5, 0.6) is 0 Å². The lowest BCUT2D eigenvalue weighted by Gasteiger charge is -2.33. The lowest BCUT2D eigenvalue weighted by molar-refractivity contribution is 0.103.